The van der Waals surface area contributed by atoms with Crippen molar-refractivity contribution in [3.05, 3.63) is 238 Å². The first kappa shape index (κ1) is 35.3. The Bertz CT molecular complexity index is 2040. The molecule has 0 aliphatic carbocycles. The number of aliphatic hydroxyl groups is 1. The molecular formula is C46H41N3O4. The summed E-state index contributed by atoms with van der Waals surface area (Å²) in [6.45, 7) is -0.0923. The molecule has 53 heavy (non-hydrogen) atoms. The van der Waals surface area contributed by atoms with E-state index < -0.39 is 22.9 Å². The molecule has 7 rings (SSSR count). The third kappa shape index (κ3) is 6.93. The van der Waals surface area contributed by atoms with Crippen LogP contribution in [0.2, 0.25) is 0 Å². The number of hydroxylamine groups is 1. The van der Waals surface area contributed by atoms with Crippen LogP contribution in [0.1, 0.15) is 33.4 Å². The Kier molecular flexibility index (Phi) is 10.7. The Hall–Kier alpha value is -6.12. The maximum Gasteiger partial charge on any atom is 0.349 e. The van der Waals surface area contributed by atoms with E-state index in [-0.39, 0.29) is 13.2 Å². The normalized spacial score (nSPS) is 12.3. The van der Waals surface area contributed by atoms with Crippen LogP contribution >= 0.6 is 0 Å². The fourth-order valence-electron chi connectivity index (χ4n) is 7.23. The van der Waals surface area contributed by atoms with Gasteiger partial charge in [0.25, 0.3) is 0 Å². The maximum absolute atomic E-state index is 13.8. The SMILES string of the molecule is CON(c1ccn(CC(O)COC(c2ccccc2)(c2ccccc2)c2ccccc2)c(=O)n1)C(c1ccccc1)(c1ccccc1)c1ccccc1. The molecule has 1 atom stereocenters. The molecule has 6 aromatic carbocycles. The summed E-state index contributed by atoms with van der Waals surface area (Å²) in [5, 5.41) is 13.2. The van der Waals surface area contributed by atoms with Crippen molar-refractivity contribution in [2.75, 3.05) is 18.8 Å². The number of aromatic nitrogens is 2. The van der Waals surface area contributed by atoms with E-state index in [1.54, 1.807) is 24.4 Å². The van der Waals surface area contributed by atoms with E-state index in [4.69, 9.17) is 9.57 Å². The Balaban J connectivity index is 1.22. The van der Waals surface area contributed by atoms with E-state index in [1.807, 2.05) is 182 Å². The van der Waals surface area contributed by atoms with Crippen LogP contribution < -0.4 is 10.8 Å². The van der Waals surface area contributed by atoms with Gasteiger partial charge in [-0.15, -0.1) is 0 Å². The van der Waals surface area contributed by atoms with Gasteiger partial charge in [0, 0.05) is 6.20 Å². The second-order valence-electron chi connectivity index (χ2n) is 12.8. The number of nitrogens with zero attached hydrogens (tertiary/aromatic N) is 3. The third-order valence-corrected chi connectivity index (χ3v) is 9.57. The van der Waals surface area contributed by atoms with Crippen LogP contribution in [-0.4, -0.2) is 34.5 Å². The molecule has 0 aliphatic heterocycles. The van der Waals surface area contributed by atoms with Crippen molar-refractivity contribution in [3.63, 3.8) is 0 Å². The van der Waals surface area contributed by atoms with Crippen LogP contribution in [0, 0.1) is 0 Å². The van der Waals surface area contributed by atoms with Gasteiger partial charge in [0.1, 0.15) is 11.1 Å². The summed E-state index contributed by atoms with van der Waals surface area (Å²) in [5.41, 5.74) is 3.00. The lowest BCUT2D eigenvalue weighted by molar-refractivity contribution is -0.0426. The Labute approximate surface area is 310 Å². The van der Waals surface area contributed by atoms with E-state index >= 15 is 0 Å². The minimum absolute atomic E-state index is 0.0330. The highest BCUT2D eigenvalue weighted by molar-refractivity contribution is 5.58. The van der Waals surface area contributed by atoms with Gasteiger partial charge in [-0.25, -0.2) is 9.86 Å². The summed E-state index contributed by atoms with van der Waals surface area (Å²) in [4.78, 5) is 24.6. The smallest absolute Gasteiger partial charge is 0.349 e. The first-order valence-electron chi connectivity index (χ1n) is 17.6. The number of anilines is 1. The van der Waals surface area contributed by atoms with Crippen molar-refractivity contribution in [1.29, 1.82) is 0 Å². The number of hydrogen-bond donors (Lipinski definition) is 1. The summed E-state index contributed by atoms with van der Waals surface area (Å²) in [6, 6.07) is 61.8. The first-order valence-corrected chi connectivity index (χ1v) is 17.6. The van der Waals surface area contributed by atoms with Gasteiger partial charge in [-0.05, 0) is 39.4 Å². The highest BCUT2D eigenvalue weighted by Crippen LogP contribution is 2.44. The highest BCUT2D eigenvalue weighted by atomic mass is 16.7. The van der Waals surface area contributed by atoms with Crippen molar-refractivity contribution >= 4 is 5.82 Å². The molecule has 0 saturated carbocycles. The van der Waals surface area contributed by atoms with Crippen LogP contribution in [0.3, 0.4) is 0 Å². The van der Waals surface area contributed by atoms with Crippen LogP contribution in [0.4, 0.5) is 5.82 Å². The van der Waals surface area contributed by atoms with Gasteiger partial charge < -0.3 is 9.84 Å². The van der Waals surface area contributed by atoms with E-state index in [2.05, 4.69) is 4.98 Å². The third-order valence-electron chi connectivity index (χ3n) is 9.57. The van der Waals surface area contributed by atoms with E-state index in [1.165, 1.54) is 4.57 Å². The molecule has 1 N–H and O–H groups in total. The molecular weight excluding hydrogens is 659 g/mol. The summed E-state index contributed by atoms with van der Waals surface area (Å²) in [6.07, 6.45) is 0.608. The van der Waals surface area contributed by atoms with Gasteiger partial charge in [0.05, 0.1) is 26.4 Å². The average Bonchev–Trinajstić information content (AvgIpc) is 3.23. The quantitative estimate of drug-likeness (QED) is 0.0917. The van der Waals surface area contributed by atoms with Gasteiger partial charge in [0.2, 0.25) is 0 Å². The topological polar surface area (TPSA) is 76.8 Å². The molecule has 1 unspecified atom stereocenters. The number of rotatable bonds is 14. The van der Waals surface area contributed by atoms with Crippen molar-refractivity contribution in [2.24, 2.45) is 0 Å². The highest BCUT2D eigenvalue weighted by Gasteiger charge is 2.44. The number of hydrogen-bond acceptors (Lipinski definition) is 6. The van der Waals surface area contributed by atoms with Crippen molar-refractivity contribution in [2.45, 2.75) is 23.8 Å². The zero-order valence-corrected chi connectivity index (χ0v) is 29.5. The standard InChI is InChI=1S/C46H41N3O4/c1-52-49(45(36-20-8-2-9-21-36,37-22-10-3-11-23-37)38-24-12-4-13-25-38)43-32-33-48(44(51)47-43)34-42(50)35-53-46(39-26-14-5-15-27-39,40-28-16-6-17-29-40)41-30-18-7-19-31-41/h2-33,42,50H,34-35H2,1H3. The zero-order valence-electron chi connectivity index (χ0n) is 29.5. The molecule has 0 bridgehead atoms. The van der Waals surface area contributed by atoms with Gasteiger partial charge in [0.15, 0.2) is 5.82 Å². The molecule has 0 aliphatic rings. The summed E-state index contributed by atoms with van der Waals surface area (Å²) in [7, 11) is 1.58. The Morgan fingerprint density at radius 1 is 0.585 bits per heavy atom. The zero-order chi connectivity index (χ0) is 36.5. The molecule has 0 amide bonds. The lowest BCUT2D eigenvalue weighted by atomic mass is 9.76. The van der Waals surface area contributed by atoms with Crippen molar-refractivity contribution < 1.29 is 14.7 Å². The lowest BCUT2D eigenvalue weighted by Crippen LogP contribution is -2.49. The summed E-state index contributed by atoms with van der Waals surface area (Å²) >= 11 is 0. The molecule has 264 valence electrons. The summed E-state index contributed by atoms with van der Waals surface area (Å²) < 4.78 is 8.22. The molecule has 0 saturated heterocycles. The summed E-state index contributed by atoms with van der Waals surface area (Å²) in [5.74, 6) is 0.312. The molecule has 7 nitrogen and oxygen atoms in total. The molecule has 0 radical (unpaired) electrons. The molecule has 7 aromatic rings. The van der Waals surface area contributed by atoms with Gasteiger partial charge in [-0.2, -0.15) is 4.98 Å². The Morgan fingerprint density at radius 3 is 1.28 bits per heavy atom. The number of aliphatic hydroxyl groups excluding tert-OH is 1. The van der Waals surface area contributed by atoms with Crippen LogP contribution in [0.5, 0.6) is 0 Å². The minimum atomic E-state index is -1.04. The van der Waals surface area contributed by atoms with Crippen LogP contribution in [0.25, 0.3) is 0 Å². The van der Waals surface area contributed by atoms with Gasteiger partial charge in [-0.3, -0.25) is 9.40 Å². The maximum atomic E-state index is 13.8. The van der Waals surface area contributed by atoms with E-state index in [0.29, 0.717) is 5.82 Å². The largest absolute Gasteiger partial charge is 0.389 e. The second-order valence-corrected chi connectivity index (χ2v) is 12.8. The number of benzene rings is 6. The van der Waals surface area contributed by atoms with Gasteiger partial charge >= 0.3 is 5.69 Å². The predicted molar refractivity (Wildman–Crippen MR) is 208 cm³/mol. The molecule has 0 fully saturated rings. The minimum Gasteiger partial charge on any atom is -0.389 e. The first-order chi connectivity index (χ1) is 26.1. The molecule has 1 aromatic heterocycles. The molecule has 0 spiro atoms. The van der Waals surface area contributed by atoms with Crippen molar-refractivity contribution in [1.82, 2.24) is 9.55 Å². The molecule has 7 heteroatoms. The fraction of sp³-hybridized carbons (Fsp3) is 0.130. The monoisotopic (exact) mass is 699 g/mol. The predicted octanol–water partition coefficient (Wildman–Crippen LogP) is 7.97. The number of ether oxygens (including phenoxy) is 1. The second kappa shape index (κ2) is 16.0. The van der Waals surface area contributed by atoms with E-state index in [9.17, 15) is 9.90 Å². The van der Waals surface area contributed by atoms with E-state index in [0.717, 1.165) is 33.4 Å². The van der Waals surface area contributed by atoms with Crippen molar-refractivity contribution in [3.8, 4) is 0 Å². The Morgan fingerprint density at radius 2 is 0.943 bits per heavy atom. The lowest BCUT2D eigenvalue weighted by Gasteiger charge is -2.44. The van der Waals surface area contributed by atoms with Gasteiger partial charge in [-0.1, -0.05) is 182 Å². The molecule has 1 heterocycles. The fourth-order valence-corrected chi connectivity index (χ4v) is 7.23. The average molecular weight is 700 g/mol. The van der Waals surface area contributed by atoms with Crippen LogP contribution in [-0.2, 0) is 27.3 Å². The van der Waals surface area contributed by atoms with Crippen LogP contribution in [0.15, 0.2) is 199 Å².